The van der Waals surface area contributed by atoms with Crippen LogP contribution in [0, 0.1) is 10.5 Å². The van der Waals surface area contributed by atoms with E-state index in [1.807, 2.05) is 0 Å². The normalized spacial score (nSPS) is 11.3. The molecule has 19 heavy (non-hydrogen) atoms. The summed E-state index contributed by atoms with van der Waals surface area (Å²) in [6, 6.07) is 0. The van der Waals surface area contributed by atoms with E-state index in [0.717, 1.165) is 0 Å². The van der Waals surface area contributed by atoms with Crippen LogP contribution in [0.1, 0.15) is 18.2 Å². The number of alkyl halides is 3. The topological polar surface area (TPSA) is 48.4 Å². The fourth-order valence-corrected chi connectivity index (χ4v) is 2.17. The summed E-state index contributed by atoms with van der Waals surface area (Å²) in [6.45, 7) is 3.29. The van der Waals surface area contributed by atoms with Crippen LogP contribution in [0.3, 0.4) is 0 Å². The van der Waals surface area contributed by atoms with E-state index in [4.69, 9.17) is 4.74 Å². The molecule has 0 aliphatic carbocycles. The van der Waals surface area contributed by atoms with Crippen LogP contribution in [-0.2, 0) is 16.0 Å². The molecule has 1 aromatic heterocycles. The summed E-state index contributed by atoms with van der Waals surface area (Å²) >= 11 is 1.67. The van der Waals surface area contributed by atoms with Gasteiger partial charge >= 0.3 is 12.3 Å². The van der Waals surface area contributed by atoms with Crippen molar-refractivity contribution < 1.29 is 27.4 Å². The van der Waals surface area contributed by atoms with E-state index in [2.05, 4.69) is 9.72 Å². The Kier molecular flexibility index (Phi) is 5.39. The molecule has 106 valence electrons. The van der Waals surface area contributed by atoms with E-state index in [-0.39, 0.29) is 33.6 Å². The van der Waals surface area contributed by atoms with E-state index in [1.165, 1.54) is 13.1 Å². The molecule has 1 aromatic rings. The maximum atomic E-state index is 12.3. The molecule has 0 unspecified atom stereocenters. The number of esters is 1. The van der Waals surface area contributed by atoms with Crippen LogP contribution in [-0.4, -0.2) is 23.9 Å². The molecule has 0 N–H and O–H groups in total. The molecule has 0 spiro atoms. The number of hydrogen-bond donors (Lipinski definition) is 0. The average Bonchev–Trinajstić information content (AvgIpc) is 2.27. The minimum absolute atomic E-state index is 0.156. The molecule has 1 heterocycles. The number of carbonyl (C=O) groups excluding carboxylic acids is 1. The van der Waals surface area contributed by atoms with Crippen molar-refractivity contribution in [3.05, 3.63) is 21.0 Å². The minimum Gasteiger partial charge on any atom is -0.466 e. The molecule has 4 nitrogen and oxygen atoms in total. The molecule has 0 aliphatic rings. The third kappa shape index (κ3) is 4.84. The summed E-state index contributed by atoms with van der Waals surface area (Å²) in [7, 11) is 0. The van der Waals surface area contributed by atoms with Gasteiger partial charge in [-0.25, -0.2) is 0 Å². The molecule has 0 bridgehead atoms. The largest absolute Gasteiger partial charge is 0.573 e. The molecule has 0 amide bonds. The second-order valence-corrected chi connectivity index (χ2v) is 4.64. The van der Waals surface area contributed by atoms with Crippen molar-refractivity contribution in [2.75, 3.05) is 6.61 Å². The van der Waals surface area contributed by atoms with E-state index in [0.29, 0.717) is 0 Å². The number of ether oxygens (including phenoxy) is 2. The third-order valence-electron chi connectivity index (χ3n) is 2.06. The van der Waals surface area contributed by atoms with Gasteiger partial charge in [0.2, 0.25) is 0 Å². The average molecular weight is 389 g/mol. The number of pyridine rings is 1. The van der Waals surface area contributed by atoms with Crippen molar-refractivity contribution in [2.45, 2.75) is 26.6 Å². The van der Waals surface area contributed by atoms with Crippen molar-refractivity contribution >= 4 is 28.6 Å². The number of hydrogen-bond acceptors (Lipinski definition) is 4. The maximum absolute atomic E-state index is 12.3. The lowest BCUT2D eigenvalue weighted by Gasteiger charge is -2.14. The Morgan fingerprint density at radius 3 is 2.63 bits per heavy atom. The van der Waals surface area contributed by atoms with E-state index < -0.39 is 12.3 Å². The van der Waals surface area contributed by atoms with E-state index in [1.54, 1.807) is 29.5 Å². The zero-order valence-corrected chi connectivity index (χ0v) is 12.3. The van der Waals surface area contributed by atoms with Crippen molar-refractivity contribution in [3.8, 4) is 5.75 Å². The second kappa shape index (κ2) is 6.40. The first-order chi connectivity index (χ1) is 8.74. The zero-order valence-electron chi connectivity index (χ0n) is 10.2. The summed E-state index contributed by atoms with van der Waals surface area (Å²) < 4.78 is 45.7. The summed E-state index contributed by atoms with van der Waals surface area (Å²) in [4.78, 5) is 15.3. The highest BCUT2D eigenvalue weighted by atomic mass is 127. The standard InChI is InChI=1S/C11H11F3INO3/c1-3-18-8(17)4-7-9(15)10(6(2)5-16-7)19-11(12,13)14/h5H,3-4H2,1-2H3. The third-order valence-corrected chi connectivity index (χ3v) is 3.17. The van der Waals surface area contributed by atoms with Crippen LogP contribution >= 0.6 is 22.6 Å². The lowest BCUT2D eigenvalue weighted by molar-refractivity contribution is -0.275. The molecule has 0 fully saturated rings. The molecule has 0 saturated heterocycles. The van der Waals surface area contributed by atoms with Crippen LogP contribution in [0.15, 0.2) is 6.20 Å². The first-order valence-corrected chi connectivity index (χ1v) is 6.37. The van der Waals surface area contributed by atoms with Crippen LogP contribution in [0.5, 0.6) is 5.75 Å². The van der Waals surface area contributed by atoms with Gasteiger partial charge in [-0.05, 0) is 36.4 Å². The Bertz CT molecular complexity index is 477. The lowest BCUT2D eigenvalue weighted by Crippen LogP contribution is -2.20. The summed E-state index contributed by atoms with van der Waals surface area (Å²) in [6.07, 6.45) is -3.74. The number of aryl methyl sites for hydroxylation is 1. The number of halogens is 4. The van der Waals surface area contributed by atoms with Gasteiger partial charge in [-0.1, -0.05) is 0 Å². The van der Waals surface area contributed by atoms with Gasteiger partial charge in [0, 0.05) is 11.8 Å². The Hall–Kier alpha value is -1.06. The van der Waals surface area contributed by atoms with Gasteiger partial charge in [0.15, 0.2) is 0 Å². The monoisotopic (exact) mass is 389 g/mol. The Morgan fingerprint density at radius 1 is 1.47 bits per heavy atom. The smallest absolute Gasteiger partial charge is 0.466 e. The number of carbonyl (C=O) groups is 1. The fraction of sp³-hybridized carbons (Fsp3) is 0.455. The summed E-state index contributed by atoms with van der Waals surface area (Å²) in [5, 5.41) is 0. The molecular weight excluding hydrogens is 378 g/mol. The molecule has 1 rings (SSSR count). The predicted octanol–water partition coefficient (Wildman–Crippen LogP) is 3.00. The Balaban J connectivity index is 3.03. The van der Waals surface area contributed by atoms with Gasteiger partial charge in [-0.2, -0.15) is 0 Å². The van der Waals surface area contributed by atoms with Crippen LogP contribution < -0.4 is 4.74 Å². The second-order valence-electron chi connectivity index (χ2n) is 3.56. The van der Waals surface area contributed by atoms with Gasteiger partial charge in [0.05, 0.1) is 22.3 Å². The van der Waals surface area contributed by atoms with Crippen molar-refractivity contribution in [1.29, 1.82) is 0 Å². The predicted molar refractivity (Wildman–Crippen MR) is 68.7 cm³/mol. The van der Waals surface area contributed by atoms with Crippen LogP contribution in [0.25, 0.3) is 0 Å². The highest BCUT2D eigenvalue weighted by Gasteiger charge is 2.33. The molecule has 0 atom stereocenters. The summed E-state index contributed by atoms with van der Waals surface area (Å²) in [5.41, 5.74) is 0.443. The molecule has 8 heteroatoms. The number of nitrogens with zero attached hydrogens (tertiary/aromatic N) is 1. The number of rotatable bonds is 4. The van der Waals surface area contributed by atoms with E-state index in [9.17, 15) is 18.0 Å². The first kappa shape index (κ1) is 16.0. The van der Waals surface area contributed by atoms with Crippen molar-refractivity contribution in [2.24, 2.45) is 0 Å². The van der Waals surface area contributed by atoms with Crippen LogP contribution in [0.2, 0.25) is 0 Å². The zero-order chi connectivity index (χ0) is 14.6. The first-order valence-electron chi connectivity index (χ1n) is 5.30. The van der Waals surface area contributed by atoms with E-state index >= 15 is 0 Å². The van der Waals surface area contributed by atoms with Gasteiger partial charge < -0.3 is 9.47 Å². The molecule has 0 saturated carbocycles. The van der Waals surface area contributed by atoms with Gasteiger partial charge in [-0.15, -0.1) is 13.2 Å². The highest BCUT2D eigenvalue weighted by Crippen LogP contribution is 2.32. The number of aromatic nitrogens is 1. The van der Waals surface area contributed by atoms with Crippen LogP contribution in [0.4, 0.5) is 13.2 Å². The molecular formula is C11H11F3INO3. The Labute approximate surface area is 121 Å². The van der Waals surface area contributed by atoms with Gasteiger partial charge in [0.25, 0.3) is 0 Å². The molecule has 0 radical (unpaired) electrons. The Morgan fingerprint density at radius 2 is 2.11 bits per heavy atom. The SMILES string of the molecule is CCOC(=O)Cc1ncc(C)c(OC(F)(F)F)c1I. The summed E-state index contributed by atoms with van der Waals surface area (Å²) in [5.74, 6) is -0.878. The van der Waals surface area contributed by atoms with Crippen molar-refractivity contribution in [1.82, 2.24) is 4.98 Å². The quantitative estimate of drug-likeness (QED) is 0.587. The fourth-order valence-electron chi connectivity index (χ4n) is 1.31. The molecule has 0 aromatic carbocycles. The van der Waals surface area contributed by atoms with Gasteiger partial charge in [-0.3, -0.25) is 9.78 Å². The minimum atomic E-state index is -4.78. The highest BCUT2D eigenvalue weighted by molar-refractivity contribution is 14.1. The maximum Gasteiger partial charge on any atom is 0.573 e. The lowest BCUT2D eigenvalue weighted by atomic mass is 10.2. The van der Waals surface area contributed by atoms with Crippen molar-refractivity contribution in [3.63, 3.8) is 0 Å². The molecule has 0 aliphatic heterocycles. The van der Waals surface area contributed by atoms with Gasteiger partial charge in [0.1, 0.15) is 5.75 Å².